The first-order valence-corrected chi connectivity index (χ1v) is 4.38. The van der Waals surface area contributed by atoms with Gasteiger partial charge >= 0.3 is 5.97 Å². The second-order valence-electron chi connectivity index (χ2n) is 3.22. The minimum atomic E-state index is -1.01. The topological polar surface area (TPSA) is 78.4 Å². The SMILES string of the molecule is CC(NC(=O)[C@H]1CCCN1)C(=O)O. The standard InChI is InChI=1S/C8H14N2O3/c1-5(8(12)13)10-7(11)6-3-2-4-9-6/h5-6,9H,2-4H2,1H3,(H,10,11)(H,12,13)/t5?,6-/m1/s1. The number of carboxylic acids is 1. The molecule has 1 amide bonds. The molecule has 1 saturated heterocycles. The molecule has 1 rings (SSSR count). The number of carbonyl (C=O) groups is 2. The first-order chi connectivity index (χ1) is 6.11. The van der Waals surface area contributed by atoms with E-state index in [-0.39, 0.29) is 11.9 Å². The van der Waals surface area contributed by atoms with Gasteiger partial charge in [0.15, 0.2) is 0 Å². The summed E-state index contributed by atoms with van der Waals surface area (Å²) in [5.41, 5.74) is 0. The van der Waals surface area contributed by atoms with Gasteiger partial charge in [-0.1, -0.05) is 0 Å². The second kappa shape index (κ2) is 4.23. The van der Waals surface area contributed by atoms with Crippen molar-refractivity contribution in [3.63, 3.8) is 0 Å². The fraction of sp³-hybridized carbons (Fsp3) is 0.750. The van der Waals surface area contributed by atoms with Crippen LogP contribution in [0.1, 0.15) is 19.8 Å². The maximum Gasteiger partial charge on any atom is 0.325 e. The highest BCUT2D eigenvalue weighted by molar-refractivity contribution is 5.86. The van der Waals surface area contributed by atoms with Gasteiger partial charge < -0.3 is 15.7 Å². The summed E-state index contributed by atoms with van der Waals surface area (Å²) >= 11 is 0. The summed E-state index contributed by atoms with van der Waals surface area (Å²) in [6.07, 6.45) is 1.76. The summed E-state index contributed by atoms with van der Waals surface area (Å²) in [5, 5.41) is 14.0. The maximum absolute atomic E-state index is 11.3. The molecule has 2 atom stereocenters. The van der Waals surface area contributed by atoms with Crippen LogP contribution in [-0.2, 0) is 9.59 Å². The van der Waals surface area contributed by atoms with Crippen molar-refractivity contribution in [2.75, 3.05) is 6.54 Å². The highest BCUT2D eigenvalue weighted by Gasteiger charge is 2.24. The zero-order chi connectivity index (χ0) is 9.84. The number of amides is 1. The molecular weight excluding hydrogens is 172 g/mol. The molecule has 13 heavy (non-hydrogen) atoms. The van der Waals surface area contributed by atoms with Gasteiger partial charge in [0.05, 0.1) is 6.04 Å². The molecule has 0 aromatic carbocycles. The zero-order valence-corrected chi connectivity index (χ0v) is 7.54. The lowest BCUT2D eigenvalue weighted by molar-refractivity contribution is -0.141. The van der Waals surface area contributed by atoms with Crippen molar-refractivity contribution in [3.8, 4) is 0 Å². The Bertz CT molecular complexity index is 211. The number of hydrogen-bond donors (Lipinski definition) is 3. The third-order valence-electron chi connectivity index (χ3n) is 2.11. The van der Waals surface area contributed by atoms with Gasteiger partial charge in [-0.05, 0) is 26.3 Å². The molecule has 0 aromatic heterocycles. The monoisotopic (exact) mass is 186 g/mol. The van der Waals surface area contributed by atoms with Gasteiger partial charge in [-0.3, -0.25) is 9.59 Å². The Morgan fingerprint density at radius 3 is 2.77 bits per heavy atom. The Labute approximate surface area is 76.5 Å². The third kappa shape index (κ3) is 2.69. The summed E-state index contributed by atoms with van der Waals surface area (Å²) in [4.78, 5) is 21.7. The van der Waals surface area contributed by atoms with Crippen molar-refractivity contribution < 1.29 is 14.7 Å². The normalized spacial score (nSPS) is 23.9. The smallest absolute Gasteiger partial charge is 0.325 e. The van der Waals surface area contributed by atoms with Gasteiger partial charge in [0, 0.05) is 0 Å². The molecule has 5 heteroatoms. The zero-order valence-electron chi connectivity index (χ0n) is 7.54. The molecule has 0 aliphatic carbocycles. The molecule has 1 aliphatic rings. The van der Waals surface area contributed by atoms with Crippen molar-refractivity contribution in [3.05, 3.63) is 0 Å². The Balaban J connectivity index is 2.35. The van der Waals surface area contributed by atoms with E-state index in [0.29, 0.717) is 0 Å². The van der Waals surface area contributed by atoms with Crippen molar-refractivity contribution in [1.82, 2.24) is 10.6 Å². The van der Waals surface area contributed by atoms with Crippen LogP contribution >= 0.6 is 0 Å². The highest BCUT2D eigenvalue weighted by Crippen LogP contribution is 2.04. The fourth-order valence-electron chi connectivity index (χ4n) is 1.28. The Morgan fingerprint density at radius 2 is 2.31 bits per heavy atom. The van der Waals surface area contributed by atoms with Crippen LogP contribution in [0.4, 0.5) is 0 Å². The van der Waals surface area contributed by atoms with Crippen molar-refractivity contribution in [2.24, 2.45) is 0 Å². The third-order valence-corrected chi connectivity index (χ3v) is 2.11. The van der Waals surface area contributed by atoms with E-state index in [9.17, 15) is 9.59 Å². The quantitative estimate of drug-likeness (QED) is 0.546. The molecule has 0 aromatic rings. The van der Waals surface area contributed by atoms with Crippen LogP contribution < -0.4 is 10.6 Å². The minimum absolute atomic E-state index is 0.207. The van der Waals surface area contributed by atoms with E-state index in [1.165, 1.54) is 6.92 Å². The van der Waals surface area contributed by atoms with Crippen LogP contribution in [0.2, 0.25) is 0 Å². The average molecular weight is 186 g/mol. The predicted octanol–water partition coefficient (Wildman–Crippen LogP) is -0.672. The first kappa shape index (κ1) is 9.98. The van der Waals surface area contributed by atoms with Crippen molar-refractivity contribution in [2.45, 2.75) is 31.8 Å². The molecule has 0 spiro atoms. The molecule has 1 aliphatic heterocycles. The van der Waals surface area contributed by atoms with E-state index in [0.717, 1.165) is 19.4 Å². The summed E-state index contributed by atoms with van der Waals surface area (Å²) < 4.78 is 0. The number of hydrogen-bond acceptors (Lipinski definition) is 3. The van der Waals surface area contributed by atoms with Gasteiger partial charge in [0.25, 0.3) is 0 Å². The predicted molar refractivity (Wildman–Crippen MR) is 46.3 cm³/mol. The van der Waals surface area contributed by atoms with E-state index in [4.69, 9.17) is 5.11 Å². The van der Waals surface area contributed by atoms with Gasteiger partial charge in [0.1, 0.15) is 6.04 Å². The van der Waals surface area contributed by atoms with Gasteiger partial charge in [-0.15, -0.1) is 0 Å². The number of rotatable bonds is 3. The van der Waals surface area contributed by atoms with Crippen LogP contribution in [0.25, 0.3) is 0 Å². The van der Waals surface area contributed by atoms with Crippen LogP contribution in [-0.4, -0.2) is 35.6 Å². The highest BCUT2D eigenvalue weighted by atomic mass is 16.4. The first-order valence-electron chi connectivity index (χ1n) is 4.38. The fourth-order valence-corrected chi connectivity index (χ4v) is 1.28. The lowest BCUT2D eigenvalue weighted by atomic mass is 10.2. The molecule has 3 N–H and O–H groups in total. The molecule has 5 nitrogen and oxygen atoms in total. The molecular formula is C8H14N2O3. The summed E-state index contributed by atoms with van der Waals surface area (Å²) in [5.74, 6) is -1.22. The lowest BCUT2D eigenvalue weighted by Gasteiger charge is -2.13. The van der Waals surface area contributed by atoms with Crippen LogP contribution in [0, 0.1) is 0 Å². The van der Waals surface area contributed by atoms with Crippen LogP contribution in [0.3, 0.4) is 0 Å². The van der Waals surface area contributed by atoms with E-state index in [2.05, 4.69) is 10.6 Å². The second-order valence-corrected chi connectivity index (χ2v) is 3.22. The summed E-state index contributed by atoms with van der Waals surface area (Å²) in [6, 6.07) is -1.02. The van der Waals surface area contributed by atoms with Gasteiger partial charge in [-0.2, -0.15) is 0 Å². The van der Waals surface area contributed by atoms with E-state index < -0.39 is 12.0 Å². The number of aliphatic carboxylic acids is 1. The lowest BCUT2D eigenvalue weighted by Crippen LogP contribution is -2.46. The van der Waals surface area contributed by atoms with Crippen molar-refractivity contribution >= 4 is 11.9 Å². The number of nitrogens with one attached hydrogen (secondary N) is 2. The number of carboxylic acid groups (broad SMARTS) is 1. The number of carbonyl (C=O) groups excluding carboxylic acids is 1. The van der Waals surface area contributed by atoms with Gasteiger partial charge in [-0.25, -0.2) is 0 Å². The summed E-state index contributed by atoms with van der Waals surface area (Å²) in [7, 11) is 0. The Morgan fingerprint density at radius 1 is 1.62 bits per heavy atom. The largest absolute Gasteiger partial charge is 0.480 e. The van der Waals surface area contributed by atoms with E-state index >= 15 is 0 Å². The molecule has 74 valence electrons. The van der Waals surface area contributed by atoms with E-state index in [1.807, 2.05) is 0 Å². The van der Waals surface area contributed by atoms with E-state index in [1.54, 1.807) is 0 Å². The van der Waals surface area contributed by atoms with Crippen molar-refractivity contribution in [1.29, 1.82) is 0 Å². The van der Waals surface area contributed by atoms with Crippen LogP contribution in [0.15, 0.2) is 0 Å². The molecule has 0 saturated carbocycles. The molecule has 0 radical (unpaired) electrons. The summed E-state index contributed by atoms with van der Waals surface area (Å²) in [6.45, 7) is 2.29. The molecule has 1 heterocycles. The van der Waals surface area contributed by atoms with Gasteiger partial charge in [0.2, 0.25) is 5.91 Å². The van der Waals surface area contributed by atoms with Crippen LogP contribution in [0.5, 0.6) is 0 Å². The molecule has 0 bridgehead atoms. The minimum Gasteiger partial charge on any atom is -0.480 e. The Hall–Kier alpha value is -1.10. The Kier molecular flexibility index (Phi) is 3.25. The molecule has 1 fully saturated rings. The average Bonchev–Trinajstić information content (AvgIpc) is 2.55. The molecule has 1 unspecified atom stereocenters. The maximum atomic E-state index is 11.3.